The first-order valence-corrected chi connectivity index (χ1v) is 7.83. The molecule has 0 unspecified atom stereocenters. The molecular weight excluding hydrogens is 351 g/mol. The maximum Gasteiger partial charge on any atom is 0.262 e. The molecule has 0 atom stereocenters. The Morgan fingerprint density at radius 3 is 2.58 bits per heavy atom. The highest BCUT2D eigenvalue weighted by Gasteiger charge is 2.10. The van der Waals surface area contributed by atoms with Gasteiger partial charge in [-0.3, -0.25) is 4.79 Å². The zero-order chi connectivity index (χ0) is 17.5. The minimum Gasteiger partial charge on any atom is -0.490 e. The van der Waals surface area contributed by atoms with Crippen molar-refractivity contribution >= 4 is 34.8 Å². The molecule has 5 nitrogen and oxygen atoms in total. The number of nitrogens with zero attached hydrogens (tertiary/aromatic N) is 1. The molecule has 0 aliphatic carbocycles. The van der Waals surface area contributed by atoms with Gasteiger partial charge in [0.25, 0.3) is 5.91 Å². The minimum atomic E-state index is -0.361. The lowest BCUT2D eigenvalue weighted by molar-refractivity contribution is -0.118. The number of nitrogens with one attached hydrogen (secondary N) is 1. The minimum absolute atomic E-state index is 0.216. The van der Waals surface area contributed by atoms with E-state index < -0.39 is 0 Å². The Balaban J connectivity index is 2.00. The van der Waals surface area contributed by atoms with Crippen LogP contribution in [0.3, 0.4) is 0 Å². The van der Waals surface area contributed by atoms with Crippen LogP contribution in [0.25, 0.3) is 0 Å². The van der Waals surface area contributed by atoms with Gasteiger partial charge in [0.05, 0.1) is 28.3 Å². The first-order chi connectivity index (χ1) is 11.5. The Kier molecular flexibility index (Phi) is 6.30. The number of anilines is 1. The molecule has 24 heavy (non-hydrogen) atoms. The Hall–Kier alpha value is -2.42. The fourth-order valence-electron chi connectivity index (χ4n) is 1.88. The number of rotatable bonds is 6. The average molecular weight is 365 g/mol. The van der Waals surface area contributed by atoms with Gasteiger partial charge in [-0.1, -0.05) is 23.2 Å². The van der Waals surface area contributed by atoms with Crippen molar-refractivity contribution in [3.8, 4) is 17.6 Å². The second-order valence-corrected chi connectivity index (χ2v) is 5.49. The van der Waals surface area contributed by atoms with E-state index in [0.717, 1.165) is 0 Å². The number of amides is 1. The molecule has 124 valence electrons. The van der Waals surface area contributed by atoms with Crippen LogP contribution in [0.15, 0.2) is 36.4 Å². The van der Waals surface area contributed by atoms with Crippen molar-refractivity contribution in [1.82, 2.24) is 0 Å². The van der Waals surface area contributed by atoms with E-state index in [9.17, 15) is 4.79 Å². The van der Waals surface area contributed by atoms with E-state index in [1.807, 2.05) is 13.0 Å². The second-order valence-electron chi connectivity index (χ2n) is 4.67. The summed E-state index contributed by atoms with van der Waals surface area (Å²) in [5, 5.41) is 12.3. The molecule has 0 heterocycles. The highest BCUT2D eigenvalue weighted by molar-refractivity contribution is 6.42. The number of carbonyl (C=O) groups excluding carboxylic acids is 1. The molecule has 2 aromatic rings. The molecule has 0 saturated heterocycles. The predicted molar refractivity (Wildman–Crippen MR) is 92.9 cm³/mol. The van der Waals surface area contributed by atoms with Crippen molar-refractivity contribution in [2.45, 2.75) is 6.92 Å². The van der Waals surface area contributed by atoms with E-state index in [1.54, 1.807) is 36.4 Å². The molecule has 1 N–H and O–H groups in total. The average Bonchev–Trinajstić information content (AvgIpc) is 2.57. The van der Waals surface area contributed by atoms with Crippen molar-refractivity contribution in [3.05, 3.63) is 52.0 Å². The highest BCUT2D eigenvalue weighted by atomic mass is 35.5. The van der Waals surface area contributed by atoms with Crippen molar-refractivity contribution < 1.29 is 14.3 Å². The lowest BCUT2D eigenvalue weighted by atomic mass is 10.2. The van der Waals surface area contributed by atoms with Crippen LogP contribution in [0.1, 0.15) is 12.5 Å². The molecule has 2 rings (SSSR count). The summed E-state index contributed by atoms with van der Waals surface area (Å²) in [5.41, 5.74) is 0.967. The van der Waals surface area contributed by atoms with Gasteiger partial charge in [0.1, 0.15) is 0 Å². The third-order valence-electron chi connectivity index (χ3n) is 2.93. The lowest BCUT2D eigenvalue weighted by Gasteiger charge is -2.12. The highest BCUT2D eigenvalue weighted by Crippen LogP contribution is 2.28. The summed E-state index contributed by atoms with van der Waals surface area (Å²) >= 11 is 11.7. The molecule has 7 heteroatoms. The number of halogens is 2. The Morgan fingerprint density at radius 2 is 1.92 bits per heavy atom. The van der Waals surface area contributed by atoms with Gasteiger partial charge in [0.2, 0.25) is 0 Å². The summed E-state index contributed by atoms with van der Waals surface area (Å²) in [5.74, 6) is 0.444. The molecule has 1 amide bonds. The van der Waals surface area contributed by atoms with Crippen LogP contribution in [0, 0.1) is 11.3 Å². The van der Waals surface area contributed by atoms with Gasteiger partial charge in [-0.2, -0.15) is 5.26 Å². The molecule has 2 aromatic carbocycles. The summed E-state index contributed by atoms with van der Waals surface area (Å²) in [7, 11) is 0. The van der Waals surface area contributed by atoms with Crippen LogP contribution in [0.4, 0.5) is 5.69 Å². The topological polar surface area (TPSA) is 71.3 Å². The SMILES string of the molecule is CCOc1cc(C#N)ccc1OCC(=O)Nc1ccc(Cl)c(Cl)c1. The Bertz CT molecular complexity index is 788. The lowest BCUT2D eigenvalue weighted by Crippen LogP contribution is -2.20. The third kappa shape index (κ3) is 4.79. The number of ether oxygens (including phenoxy) is 2. The number of nitriles is 1. The fraction of sp³-hybridized carbons (Fsp3) is 0.176. The van der Waals surface area contributed by atoms with Crippen LogP contribution in [-0.4, -0.2) is 19.1 Å². The number of hydrogen-bond donors (Lipinski definition) is 1. The molecule has 0 fully saturated rings. The number of carbonyl (C=O) groups is 1. The van der Waals surface area contributed by atoms with E-state index in [1.165, 1.54) is 0 Å². The Labute approximate surface area is 149 Å². The third-order valence-corrected chi connectivity index (χ3v) is 3.67. The molecule has 0 saturated carbocycles. The van der Waals surface area contributed by atoms with Gasteiger partial charge >= 0.3 is 0 Å². The largest absolute Gasteiger partial charge is 0.490 e. The van der Waals surface area contributed by atoms with E-state index in [0.29, 0.717) is 39.4 Å². The van der Waals surface area contributed by atoms with Crippen LogP contribution in [0.2, 0.25) is 10.0 Å². The van der Waals surface area contributed by atoms with Gasteiger partial charge in [0.15, 0.2) is 18.1 Å². The van der Waals surface area contributed by atoms with Gasteiger partial charge in [-0.05, 0) is 37.3 Å². The number of benzene rings is 2. The maximum atomic E-state index is 12.0. The number of hydrogen-bond acceptors (Lipinski definition) is 4. The molecule has 0 radical (unpaired) electrons. The van der Waals surface area contributed by atoms with Gasteiger partial charge < -0.3 is 14.8 Å². The summed E-state index contributed by atoms with van der Waals surface area (Å²) in [6, 6.07) is 11.6. The van der Waals surface area contributed by atoms with E-state index >= 15 is 0 Å². The summed E-state index contributed by atoms with van der Waals surface area (Å²) in [4.78, 5) is 12.0. The second kappa shape index (κ2) is 8.44. The predicted octanol–water partition coefficient (Wildman–Crippen LogP) is 4.28. The van der Waals surface area contributed by atoms with Crippen molar-refractivity contribution in [2.75, 3.05) is 18.5 Å². The molecule has 0 bridgehead atoms. The van der Waals surface area contributed by atoms with E-state index in [4.69, 9.17) is 37.9 Å². The van der Waals surface area contributed by atoms with Crippen LogP contribution >= 0.6 is 23.2 Å². The summed E-state index contributed by atoms with van der Waals surface area (Å²) in [6.07, 6.45) is 0. The zero-order valence-electron chi connectivity index (χ0n) is 12.8. The van der Waals surface area contributed by atoms with Crippen LogP contribution in [-0.2, 0) is 4.79 Å². The van der Waals surface area contributed by atoms with E-state index in [-0.39, 0.29) is 12.5 Å². The summed E-state index contributed by atoms with van der Waals surface area (Å²) < 4.78 is 10.9. The summed E-state index contributed by atoms with van der Waals surface area (Å²) in [6.45, 7) is 2.02. The van der Waals surface area contributed by atoms with Gasteiger partial charge in [0, 0.05) is 11.8 Å². The first kappa shape index (κ1) is 17.9. The molecule has 0 spiro atoms. The van der Waals surface area contributed by atoms with E-state index in [2.05, 4.69) is 5.32 Å². The fourth-order valence-corrected chi connectivity index (χ4v) is 2.18. The molecular formula is C17H14Cl2N2O3. The molecule has 0 aliphatic rings. The van der Waals surface area contributed by atoms with Crippen molar-refractivity contribution in [2.24, 2.45) is 0 Å². The Morgan fingerprint density at radius 1 is 1.12 bits per heavy atom. The van der Waals surface area contributed by atoms with Crippen molar-refractivity contribution in [1.29, 1.82) is 5.26 Å². The molecule has 0 aromatic heterocycles. The van der Waals surface area contributed by atoms with Gasteiger partial charge in [-0.15, -0.1) is 0 Å². The quantitative estimate of drug-likeness (QED) is 0.829. The first-order valence-electron chi connectivity index (χ1n) is 7.08. The monoisotopic (exact) mass is 364 g/mol. The standard InChI is InChI=1S/C17H14Cl2N2O3/c1-2-23-16-7-11(9-20)3-6-15(16)24-10-17(22)21-12-4-5-13(18)14(19)8-12/h3-8H,2,10H2,1H3,(H,21,22). The van der Waals surface area contributed by atoms with Crippen LogP contribution in [0.5, 0.6) is 11.5 Å². The zero-order valence-corrected chi connectivity index (χ0v) is 14.3. The maximum absolute atomic E-state index is 12.0. The van der Waals surface area contributed by atoms with Crippen molar-refractivity contribution in [3.63, 3.8) is 0 Å². The smallest absolute Gasteiger partial charge is 0.262 e. The van der Waals surface area contributed by atoms with Gasteiger partial charge in [-0.25, -0.2) is 0 Å². The molecule has 0 aliphatic heterocycles. The normalized spacial score (nSPS) is 9.92. The van der Waals surface area contributed by atoms with Crippen LogP contribution < -0.4 is 14.8 Å².